The van der Waals surface area contributed by atoms with Crippen molar-refractivity contribution in [3.63, 3.8) is 0 Å². The maximum absolute atomic E-state index is 13.5. The van der Waals surface area contributed by atoms with E-state index in [2.05, 4.69) is 21.0 Å². The van der Waals surface area contributed by atoms with Crippen molar-refractivity contribution in [2.24, 2.45) is 5.92 Å². The monoisotopic (exact) mass is 629 g/mol. The molecule has 2 saturated carbocycles. The fraction of sp³-hybridized carbons (Fsp3) is 0.452. The number of hydrogen-bond donors (Lipinski definition) is 3. The number of hydrogen-bond acceptors (Lipinski definition) is 7. The third-order valence-electron chi connectivity index (χ3n) is 8.76. The zero-order chi connectivity index (χ0) is 31.1. The molecule has 0 bridgehead atoms. The van der Waals surface area contributed by atoms with E-state index in [1.165, 1.54) is 22.9 Å². The van der Waals surface area contributed by atoms with E-state index in [1.54, 1.807) is 12.3 Å². The number of carbonyl (C=O) groups is 1. The molecule has 3 aromatic rings. The van der Waals surface area contributed by atoms with Gasteiger partial charge in [-0.2, -0.15) is 21.0 Å². The van der Waals surface area contributed by atoms with Crippen molar-refractivity contribution < 1.29 is 31.8 Å². The number of rotatable bonds is 7. The van der Waals surface area contributed by atoms with Crippen molar-refractivity contribution in [2.45, 2.75) is 56.3 Å². The molecular formula is C31H34F3N5O4S. The maximum Gasteiger partial charge on any atom is 0.573 e. The topological polar surface area (TPSA) is 124 Å². The second-order valence-electron chi connectivity index (χ2n) is 11.8. The smallest absolute Gasteiger partial charge is 0.406 e. The Morgan fingerprint density at radius 1 is 1.07 bits per heavy atom. The molecule has 234 valence electrons. The predicted molar refractivity (Wildman–Crippen MR) is 161 cm³/mol. The molecule has 2 atom stereocenters. The molecular weight excluding hydrogens is 595 g/mol. The Balaban J connectivity index is 1.35. The highest BCUT2D eigenvalue weighted by Crippen LogP contribution is 2.44. The molecule has 2 aromatic carbocycles. The Morgan fingerprint density at radius 2 is 1.77 bits per heavy atom. The summed E-state index contributed by atoms with van der Waals surface area (Å²) in [7, 11) is -2.53. The fourth-order valence-electron chi connectivity index (χ4n) is 6.17. The van der Waals surface area contributed by atoms with Crippen LogP contribution in [0.3, 0.4) is 0 Å². The number of carbonyl (C=O) groups excluding carboxylic acids is 1. The van der Waals surface area contributed by atoms with Crippen LogP contribution in [0.4, 0.5) is 18.9 Å². The Morgan fingerprint density at radius 3 is 2.43 bits per heavy atom. The van der Waals surface area contributed by atoms with Gasteiger partial charge in [-0.3, -0.25) is 13.9 Å². The van der Waals surface area contributed by atoms with Crippen molar-refractivity contribution >= 4 is 22.2 Å². The normalized spacial score (nSPS) is 23.3. The van der Waals surface area contributed by atoms with Crippen molar-refractivity contribution in [3.05, 3.63) is 60.4 Å². The van der Waals surface area contributed by atoms with Crippen LogP contribution < -0.4 is 15.0 Å². The van der Waals surface area contributed by atoms with E-state index in [-0.39, 0.29) is 17.6 Å². The van der Waals surface area contributed by atoms with Crippen LogP contribution in [-0.2, 0) is 4.79 Å². The number of halogens is 3. The van der Waals surface area contributed by atoms with Gasteiger partial charge in [0.1, 0.15) is 11.3 Å². The molecule has 2 aliphatic carbocycles. The summed E-state index contributed by atoms with van der Waals surface area (Å²) in [6, 6.07) is 15.6. The highest BCUT2D eigenvalue weighted by atomic mass is 32.3. The number of aromatic nitrogens is 2. The van der Waals surface area contributed by atoms with Gasteiger partial charge in [0, 0.05) is 48.4 Å². The first-order valence-electron chi connectivity index (χ1n) is 14.7. The lowest BCUT2D eigenvalue weighted by molar-refractivity contribution is -0.274. The van der Waals surface area contributed by atoms with Gasteiger partial charge >= 0.3 is 6.36 Å². The summed E-state index contributed by atoms with van der Waals surface area (Å²) in [5, 5.41) is 17.4. The molecule has 0 unspecified atom stereocenters. The number of nitrogens with zero attached hydrogens (tertiary/aromatic N) is 4. The fourth-order valence-corrected chi connectivity index (χ4v) is 7.40. The molecule has 0 spiro atoms. The van der Waals surface area contributed by atoms with Crippen molar-refractivity contribution in [3.8, 4) is 28.6 Å². The number of nitriles is 1. The lowest BCUT2D eigenvalue weighted by Crippen LogP contribution is -2.42. The number of ether oxygens (including phenoxy) is 1. The van der Waals surface area contributed by atoms with Gasteiger partial charge in [0.25, 0.3) is 0 Å². The van der Waals surface area contributed by atoms with Crippen LogP contribution in [0.1, 0.15) is 50.1 Å². The largest absolute Gasteiger partial charge is 0.573 e. The van der Waals surface area contributed by atoms with Gasteiger partial charge in [0.15, 0.2) is 0 Å². The van der Waals surface area contributed by atoms with Crippen LogP contribution in [0.5, 0.6) is 5.75 Å². The maximum atomic E-state index is 13.5. The summed E-state index contributed by atoms with van der Waals surface area (Å²) in [4.78, 5) is 15.6. The number of amides is 1. The van der Waals surface area contributed by atoms with Gasteiger partial charge in [-0.05, 0) is 55.5 Å². The third-order valence-corrected chi connectivity index (χ3v) is 10.4. The average Bonchev–Trinajstić information content (AvgIpc) is 3.62. The van der Waals surface area contributed by atoms with Crippen LogP contribution >= 0.6 is 10.6 Å². The first-order valence-corrected chi connectivity index (χ1v) is 16.6. The second-order valence-corrected chi connectivity index (χ2v) is 14.3. The predicted octanol–water partition coefficient (Wildman–Crippen LogP) is 6.45. The number of alkyl halides is 3. The molecule has 44 heavy (non-hydrogen) atoms. The van der Waals surface area contributed by atoms with E-state index < -0.39 is 28.4 Å². The highest BCUT2D eigenvalue weighted by Gasteiger charge is 2.47. The van der Waals surface area contributed by atoms with Crippen LogP contribution in [0.15, 0.2) is 54.7 Å². The van der Waals surface area contributed by atoms with Crippen LogP contribution in [0, 0.1) is 17.2 Å². The van der Waals surface area contributed by atoms with E-state index in [0.29, 0.717) is 61.7 Å². The lowest BCUT2D eigenvalue weighted by atomic mass is 9.75. The molecule has 9 nitrogen and oxygen atoms in total. The summed E-state index contributed by atoms with van der Waals surface area (Å²) in [5.41, 5.74) is 2.79. The molecule has 1 aliphatic heterocycles. The van der Waals surface area contributed by atoms with Gasteiger partial charge in [-0.15, -0.1) is 13.2 Å². The van der Waals surface area contributed by atoms with Crippen molar-refractivity contribution in [2.75, 3.05) is 29.5 Å². The van der Waals surface area contributed by atoms with Crippen LogP contribution in [0.2, 0.25) is 0 Å². The third kappa shape index (κ3) is 6.67. The highest BCUT2D eigenvalue weighted by molar-refractivity contribution is 8.24. The molecule has 13 heteroatoms. The summed E-state index contributed by atoms with van der Waals surface area (Å²) in [5.74, 6) is -0.541. The van der Waals surface area contributed by atoms with E-state index >= 15 is 0 Å². The van der Waals surface area contributed by atoms with Crippen molar-refractivity contribution in [1.29, 1.82) is 5.26 Å². The molecule has 2 heterocycles. The standard InChI is InChI=1S/C31H34F3N5O4S/c32-31(33,34)43-24-5-3-4-23(18-24)39-19-27(21-8-10-22(11-9-21)38-14-16-44(41,42)17-15-38)28(37-39)25-6-1-2-7-26(25)29(40)36-30(20-35)12-13-30/h3-5,8-11,18-19,25-26,41-42H,1-2,6-7,12-17H2,(H,36,40)/t25-,26-/m1/s1. The Hall–Kier alpha value is -3.73. The minimum atomic E-state index is -4.84. The van der Waals surface area contributed by atoms with E-state index in [4.69, 9.17) is 5.10 Å². The first kappa shape index (κ1) is 30.3. The summed E-state index contributed by atoms with van der Waals surface area (Å²) in [6.07, 6.45) is 1.31. The average molecular weight is 630 g/mol. The van der Waals surface area contributed by atoms with Gasteiger partial charge < -0.3 is 15.0 Å². The summed E-state index contributed by atoms with van der Waals surface area (Å²) in [6.45, 7) is 1.06. The molecule has 3 aliphatic rings. The summed E-state index contributed by atoms with van der Waals surface area (Å²) >= 11 is 0. The zero-order valence-corrected chi connectivity index (χ0v) is 24.8. The molecule has 3 fully saturated rings. The Labute approximate surface area is 255 Å². The Bertz CT molecular complexity index is 1560. The van der Waals surface area contributed by atoms with Gasteiger partial charge in [0.2, 0.25) is 5.91 Å². The Kier molecular flexibility index (Phi) is 8.02. The number of nitrogens with one attached hydrogen (secondary N) is 1. The van der Waals surface area contributed by atoms with Crippen LogP contribution in [0.25, 0.3) is 16.8 Å². The van der Waals surface area contributed by atoms with Gasteiger partial charge in [0.05, 0.1) is 29.0 Å². The van der Waals surface area contributed by atoms with Crippen molar-refractivity contribution in [1.82, 2.24) is 15.1 Å². The van der Waals surface area contributed by atoms with Gasteiger partial charge in [-0.25, -0.2) is 4.68 Å². The summed E-state index contributed by atoms with van der Waals surface area (Å²) < 4.78 is 64.5. The lowest BCUT2D eigenvalue weighted by Gasteiger charge is -2.41. The first-order chi connectivity index (χ1) is 20.9. The van der Waals surface area contributed by atoms with Gasteiger partial charge in [-0.1, -0.05) is 31.0 Å². The molecule has 3 N–H and O–H groups in total. The second kappa shape index (κ2) is 11.6. The molecule has 6 rings (SSSR count). The number of benzene rings is 2. The van der Waals surface area contributed by atoms with E-state index in [1.807, 2.05) is 24.3 Å². The number of anilines is 1. The minimum absolute atomic E-state index is 0.166. The minimum Gasteiger partial charge on any atom is -0.406 e. The molecule has 0 radical (unpaired) electrons. The zero-order valence-electron chi connectivity index (χ0n) is 24.0. The molecule has 1 aromatic heterocycles. The SMILES string of the molecule is N#CC1(NC(=O)[C@@H]2CCCC[C@H]2c2nn(-c3cccc(OC(F)(F)F)c3)cc2-c2ccc(N3CCS(O)(O)CC3)cc2)CC1. The molecule has 1 saturated heterocycles. The quantitative estimate of drug-likeness (QED) is 0.274. The van der Waals surface area contributed by atoms with Crippen LogP contribution in [-0.4, -0.2) is 61.3 Å². The van der Waals surface area contributed by atoms with E-state index in [9.17, 15) is 32.3 Å². The van der Waals surface area contributed by atoms with E-state index in [0.717, 1.165) is 29.7 Å². The molecule has 1 amide bonds.